The van der Waals surface area contributed by atoms with Gasteiger partial charge in [0, 0.05) is 33.4 Å². The summed E-state index contributed by atoms with van der Waals surface area (Å²) in [7, 11) is 5.82. The van der Waals surface area contributed by atoms with Crippen molar-refractivity contribution in [3.63, 3.8) is 0 Å². The maximum atomic E-state index is 12.0. The first-order valence-corrected chi connectivity index (χ1v) is 6.72. The van der Waals surface area contributed by atoms with Gasteiger partial charge in [-0.25, -0.2) is 0 Å². The molecule has 0 heterocycles. The summed E-state index contributed by atoms with van der Waals surface area (Å²) in [6, 6.07) is 7.80. The summed E-state index contributed by atoms with van der Waals surface area (Å²) in [5.41, 5.74) is 8.11. The van der Waals surface area contributed by atoms with Gasteiger partial charge in [0.1, 0.15) is 0 Å². The summed E-state index contributed by atoms with van der Waals surface area (Å²) in [4.78, 5) is 15.8. The zero-order valence-corrected chi connectivity index (χ0v) is 12.4. The van der Waals surface area contributed by atoms with Crippen molar-refractivity contribution in [2.45, 2.75) is 32.4 Å². The van der Waals surface area contributed by atoms with Gasteiger partial charge in [0.05, 0.1) is 6.04 Å². The van der Waals surface area contributed by atoms with Crippen LogP contribution in [0.4, 0.5) is 5.69 Å². The molecule has 0 bridgehead atoms. The number of nitrogens with zero attached hydrogens (tertiary/aromatic N) is 2. The number of carbonyl (C=O) groups excluding carboxylic acids is 1. The van der Waals surface area contributed by atoms with E-state index in [-0.39, 0.29) is 11.9 Å². The van der Waals surface area contributed by atoms with Gasteiger partial charge < -0.3 is 15.5 Å². The molecule has 0 radical (unpaired) electrons. The number of likely N-dealkylation sites (N-methyl/N-ethyl adjacent to an activating group) is 1. The summed E-state index contributed by atoms with van der Waals surface area (Å²) in [5, 5.41) is 0. The van der Waals surface area contributed by atoms with Gasteiger partial charge in [-0.1, -0.05) is 25.5 Å². The Bertz CT molecular complexity index is 418. The topological polar surface area (TPSA) is 49.6 Å². The van der Waals surface area contributed by atoms with Crippen LogP contribution in [-0.4, -0.2) is 38.0 Å². The Morgan fingerprint density at radius 3 is 2.58 bits per heavy atom. The molecule has 1 aromatic rings. The monoisotopic (exact) mass is 263 g/mol. The number of rotatable bonds is 6. The third kappa shape index (κ3) is 4.56. The normalized spacial score (nSPS) is 12.1. The lowest BCUT2D eigenvalue weighted by atomic mass is 10.1. The summed E-state index contributed by atoms with van der Waals surface area (Å²) in [6.45, 7) is 2.63. The predicted molar refractivity (Wildman–Crippen MR) is 80.1 cm³/mol. The lowest BCUT2D eigenvalue weighted by Gasteiger charge is -2.22. The van der Waals surface area contributed by atoms with Crippen LogP contribution in [0.15, 0.2) is 24.3 Å². The molecular formula is C15H25N3O. The molecule has 0 aliphatic heterocycles. The van der Waals surface area contributed by atoms with Gasteiger partial charge in [0.15, 0.2) is 0 Å². The van der Waals surface area contributed by atoms with Crippen LogP contribution in [0.3, 0.4) is 0 Å². The Balaban J connectivity index is 2.68. The van der Waals surface area contributed by atoms with Crippen LogP contribution in [0.1, 0.15) is 25.3 Å². The van der Waals surface area contributed by atoms with E-state index in [1.807, 2.05) is 44.1 Å². The number of anilines is 1. The van der Waals surface area contributed by atoms with E-state index in [0.29, 0.717) is 6.54 Å². The number of hydrogen-bond donors (Lipinski definition) is 1. The predicted octanol–water partition coefficient (Wildman–Crippen LogP) is 1.84. The maximum absolute atomic E-state index is 12.0. The average Bonchev–Trinajstić information content (AvgIpc) is 2.38. The van der Waals surface area contributed by atoms with Crippen molar-refractivity contribution in [3.8, 4) is 0 Å². The van der Waals surface area contributed by atoms with Crippen LogP contribution in [-0.2, 0) is 11.3 Å². The van der Waals surface area contributed by atoms with Gasteiger partial charge >= 0.3 is 0 Å². The lowest BCUT2D eigenvalue weighted by molar-refractivity contribution is -0.131. The van der Waals surface area contributed by atoms with Gasteiger partial charge in [0.25, 0.3) is 0 Å². The van der Waals surface area contributed by atoms with Crippen LogP contribution >= 0.6 is 0 Å². The third-order valence-electron chi connectivity index (χ3n) is 3.14. The number of nitrogens with two attached hydrogens (primary N) is 1. The number of amides is 1. The molecule has 1 atom stereocenters. The van der Waals surface area contributed by atoms with Gasteiger partial charge in [-0.15, -0.1) is 0 Å². The highest BCUT2D eigenvalue weighted by Crippen LogP contribution is 2.15. The molecular weight excluding hydrogens is 238 g/mol. The highest BCUT2D eigenvalue weighted by Gasteiger charge is 2.17. The molecule has 0 spiro atoms. The molecule has 4 heteroatoms. The van der Waals surface area contributed by atoms with Crippen LogP contribution < -0.4 is 10.6 Å². The molecule has 0 aliphatic carbocycles. The van der Waals surface area contributed by atoms with E-state index in [2.05, 4.69) is 6.07 Å². The molecule has 19 heavy (non-hydrogen) atoms. The van der Waals surface area contributed by atoms with E-state index in [1.165, 1.54) is 0 Å². The first-order chi connectivity index (χ1) is 8.95. The minimum absolute atomic E-state index is 0.0112. The van der Waals surface area contributed by atoms with Crippen molar-refractivity contribution < 1.29 is 4.79 Å². The van der Waals surface area contributed by atoms with Gasteiger partial charge in [-0.2, -0.15) is 0 Å². The Labute approximate surface area is 116 Å². The van der Waals surface area contributed by atoms with Crippen LogP contribution in [0, 0.1) is 0 Å². The van der Waals surface area contributed by atoms with E-state index in [4.69, 9.17) is 5.73 Å². The Hall–Kier alpha value is -1.55. The molecule has 0 fully saturated rings. The van der Waals surface area contributed by atoms with Gasteiger partial charge in [0.2, 0.25) is 5.91 Å². The summed E-state index contributed by atoms with van der Waals surface area (Å²) >= 11 is 0. The second-order valence-corrected chi connectivity index (χ2v) is 5.15. The minimum Gasteiger partial charge on any atom is -0.378 e. The van der Waals surface area contributed by atoms with Crippen molar-refractivity contribution in [3.05, 3.63) is 29.8 Å². The molecule has 0 saturated carbocycles. The Morgan fingerprint density at radius 1 is 1.32 bits per heavy atom. The zero-order valence-electron chi connectivity index (χ0n) is 12.4. The molecule has 0 aromatic heterocycles. The molecule has 106 valence electrons. The van der Waals surface area contributed by atoms with Crippen molar-refractivity contribution in [2.24, 2.45) is 5.73 Å². The van der Waals surface area contributed by atoms with E-state index < -0.39 is 0 Å². The van der Waals surface area contributed by atoms with Crippen molar-refractivity contribution >= 4 is 11.6 Å². The molecule has 2 N–H and O–H groups in total. The highest BCUT2D eigenvalue weighted by atomic mass is 16.2. The van der Waals surface area contributed by atoms with Crippen LogP contribution in [0.2, 0.25) is 0 Å². The second-order valence-electron chi connectivity index (χ2n) is 5.15. The molecule has 1 rings (SSSR count). The lowest BCUT2D eigenvalue weighted by Crippen LogP contribution is -2.41. The second kappa shape index (κ2) is 7.14. The quantitative estimate of drug-likeness (QED) is 0.852. The van der Waals surface area contributed by atoms with Gasteiger partial charge in [-0.3, -0.25) is 4.79 Å². The van der Waals surface area contributed by atoms with E-state index in [1.54, 1.807) is 11.9 Å². The standard InChI is InChI=1S/C15H25N3O/c1-5-7-14(16)15(19)18(4)11-12-8-6-9-13(10-12)17(2)3/h6,8-10,14H,5,7,11,16H2,1-4H3/t14-/m0/s1. The summed E-state index contributed by atoms with van der Waals surface area (Å²) < 4.78 is 0. The zero-order chi connectivity index (χ0) is 14.4. The minimum atomic E-state index is -0.382. The smallest absolute Gasteiger partial charge is 0.239 e. The Morgan fingerprint density at radius 2 is 2.00 bits per heavy atom. The Kier molecular flexibility index (Phi) is 5.83. The van der Waals surface area contributed by atoms with E-state index in [0.717, 1.165) is 24.1 Å². The van der Waals surface area contributed by atoms with E-state index >= 15 is 0 Å². The first kappa shape index (κ1) is 15.5. The third-order valence-corrected chi connectivity index (χ3v) is 3.14. The summed E-state index contributed by atoms with van der Waals surface area (Å²) in [5.74, 6) is 0.0112. The fourth-order valence-corrected chi connectivity index (χ4v) is 2.00. The average molecular weight is 263 g/mol. The van der Waals surface area contributed by atoms with E-state index in [9.17, 15) is 4.79 Å². The van der Waals surface area contributed by atoms with Crippen LogP contribution in [0.5, 0.6) is 0 Å². The SMILES string of the molecule is CCC[C@H](N)C(=O)N(C)Cc1cccc(N(C)C)c1. The van der Waals surface area contributed by atoms with Crippen molar-refractivity contribution in [2.75, 3.05) is 26.0 Å². The number of carbonyl (C=O) groups is 1. The van der Waals surface area contributed by atoms with Gasteiger partial charge in [-0.05, 0) is 24.1 Å². The molecule has 0 aliphatic rings. The fraction of sp³-hybridized carbons (Fsp3) is 0.533. The van der Waals surface area contributed by atoms with Crippen molar-refractivity contribution in [1.82, 2.24) is 4.90 Å². The molecule has 1 aromatic carbocycles. The van der Waals surface area contributed by atoms with Crippen LogP contribution in [0.25, 0.3) is 0 Å². The maximum Gasteiger partial charge on any atom is 0.239 e. The number of benzene rings is 1. The van der Waals surface area contributed by atoms with Crippen molar-refractivity contribution in [1.29, 1.82) is 0 Å². The fourth-order valence-electron chi connectivity index (χ4n) is 2.00. The number of hydrogen-bond acceptors (Lipinski definition) is 3. The first-order valence-electron chi connectivity index (χ1n) is 6.72. The highest BCUT2D eigenvalue weighted by molar-refractivity contribution is 5.81. The molecule has 0 saturated heterocycles. The molecule has 0 unspecified atom stereocenters. The largest absolute Gasteiger partial charge is 0.378 e. The summed E-state index contributed by atoms with van der Waals surface area (Å²) in [6.07, 6.45) is 1.66. The molecule has 1 amide bonds. The molecule has 4 nitrogen and oxygen atoms in total.